The molecule has 80 valence electrons. The number of hydrogen-bond donors (Lipinski definition) is 0. The summed E-state index contributed by atoms with van der Waals surface area (Å²) in [7, 11) is 0. The summed E-state index contributed by atoms with van der Waals surface area (Å²) in [6.07, 6.45) is 0.751. The first-order chi connectivity index (χ1) is 7.86. The van der Waals surface area contributed by atoms with E-state index in [0.717, 1.165) is 29.0 Å². The summed E-state index contributed by atoms with van der Waals surface area (Å²) >= 11 is 1.33. The smallest absolute Gasteiger partial charge is 0.231 e. The van der Waals surface area contributed by atoms with Crippen LogP contribution in [0.2, 0.25) is 0 Å². The van der Waals surface area contributed by atoms with Crippen molar-refractivity contribution in [1.82, 2.24) is 4.98 Å². The van der Waals surface area contributed by atoms with Gasteiger partial charge in [-0.05, 0) is 18.2 Å². The fourth-order valence-corrected chi connectivity index (χ4v) is 2.16. The molecule has 1 aromatic carbocycles. The summed E-state index contributed by atoms with van der Waals surface area (Å²) in [6.45, 7) is 0.259. The van der Waals surface area contributed by atoms with Crippen molar-refractivity contribution in [3.63, 3.8) is 0 Å². The quantitative estimate of drug-likeness (QED) is 0.747. The minimum Gasteiger partial charge on any atom is -0.454 e. The zero-order chi connectivity index (χ0) is 11.0. The number of rotatable bonds is 2. The molecule has 0 aliphatic carbocycles. The van der Waals surface area contributed by atoms with Gasteiger partial charge in [0.1, 0.15) is 0 Å². The molecule has 0 saturated heterocycles. The van der Waals surface area contributed by atoms with E-state index < -0.39 is 0 Å². The summed E-state index contributed by atoms with van der Waals surface area (Å²) in [5, 5.41) is 2.33. The number of hydrogen-bond acceptors (Lipinski definition) is 5. The van der Waals surface area contributed by atoms with Crippen LogP contribution in [-0.2, 0) is 0 Å². The van der Waals surface area contributed by atoms with Crippen molar-refractivity contribution in [1.29, 1.82) is 0 Å². The van der Waals surface area contributed by atoms with Crippen LogP contribution in [0.1, 0.15) is 9.80 Å². The Morgan fingerprint density at radius 1 is 1.31 bits per heavy atom. The Morgan fingerprint density at radius 3 is 3.00 bits per heavy atom. The van der Waals surface area contributed by atoms with Gasteiger partial charge < -0.3 is 9.47 Å². The van der Waals surface area contributed by atoms with Crippen molar-refractivity contribution >= 4 is 17.6 Å². The minimum absolute atomic E-state index is 0.259. The van der Waals surface area contributed by atoms with E-state index in [0.29, 0.717) is 5.01 Å². The van der Waals surface area contributed by atoms with E-state index in [2.05, 4.69) is 4.98 Å². The number of ether oxygens (including phenoxy) is 2. The third kappa shape index (κ3) is 1.45. The molecule has 0 bridgehead atoms. The van der Waals surface area contributed by atoms with Gasteiger partial charge in [-0.3, -0.25) is 4.79 Å². The van der Waals surface area contributed by atoms with Gasteiger partial charge in [-0.2, -0.15) is 0 Å². The first kappa shape index (κ1) is 9.35. The molecule has 0 unspecified atom stereocenters. The van der Waals surface area contributed by atoms with Crippen LogP contribution in [0.3, 0.4) is 0 Å². The molecule has 1 aromatic heterocycles. The van der Waals surface area contributed by atoms with Gasteiger partial charge in [0.2, 0.25) is 6.79 Å². The topological polar surface area (TPSA) is 48.4 Å². The minimum atomic E-state index is 0.259. The molecule has 3 rings (SSSR count). The number of fused-ring (bicyclic) bond motifs is 1. The zero-order valence-corrected chi connectivity index (χ0v) is 8.99. The van der Waals surface area contributed by atoms with Crippen LogP contribution < -0.4 is 9.47 Å². The third-order valence-corrected chi connectivity index (χ3v) is 3.06. The molecular formula is C11H7NO3S. The molecule has 0 amide bonds. The van der Waals surface area contributed by atoms with Crippen molar-refractivity contribution < 1.29 is 14.3 Å². The van der Waals surface area contributed by atoms with E-state index in [4.69, 9.17) is 9.47 Å². The van der Waals surface area contributed by atoms with Gasteiger partial charge in [0.25, 0.3) is 0 Å². The lowest BCUT2D eigenvalue weighted by molar-refractivity contribution is 0.112. The standard InChI is InChI=1S/C11H7NO3S/c13-4-11-12-8(5-16-11)7-1-2-9-10(3-7)15-6-14-9/h1-5H,6H2. The van der Waals surface area contributed by atoms with Crippen molar-refractivity contribution in [3.8, 4) is 22.8 Å². The van der Waals surface area contributed by atoms with E-state index in [1.807, 2.05) is 23.6 Å². The number of carbonyl (C=O) groups is 1. The largest absolute Gasteiger partial charge is 0.454 e. The lowest BCUT2D eigenvalue weighted by Gasteiger charge is -1.98. The number of thiazole rings is 1. The van der Waals surface area contributed by atoms with E-state index in [9.17, 15) is 4.79 Å². The maximum absolute atomic E-state index is 10.5. The second-order valence-electron chi connectivity index (χ2n) is 3.26. The highest BCUT2D eigenvalue weighted by atomic mass is 32.1. The Hall–Kier alpha value is -1.88. The molecule has 0 saturated carbocycles. The maximum atomic E-state index is 10.5. The molecular weight excluding hydrogens is 226 g/mol. The monoisotopic (exact) mass is 233 g/mol. The molecule has 2 aromatic rings. The van der Waals surface area contributed by atoms with Crippen molar-refractivity contribution in [3.05, 3.63) is 28.6 Å². The molecule has 4 nitrogen and oxygen atoms in total. The summed E-state index contributed by atoms with van der Waals surface area (Å²) < 4.78 is 10.5. The van der Waals surface area contributed by atoms with E-state index in [1.165, 1.54) is 11.3 Å². The van der Waals surface area contributed by atoms with Gasteiger partial charge in [0.05, 0.1) is 5.69 Å². The second-order valence-corrected chi connectivity index (χ2v) is 4.15. The molecule has 0 N–H and O–H groups in total. The van der Waals surface area contributed by atoms with Crippen LogP contribution in [0, 0.1) is 0 Å². The number of benzene rings is 1. The molecule has 1 aliphatic heterocycles. The molecule has 0 atom stereocenters. The third-order valence-electron chi connectivity index (χ3n) is 2.29. The summed E-state index contributed by atoms with van der Waals surface area (Å²) in [6, 6.07) is 5.61. The lowest BCUT2D eigenvalue weighted by Crippen LogP contribution is -1.92. The van der Waals surface area contributed by atoms with Crippen LogP contribution >= 0.6 is 11.3 Å². The number of carbonyl (C=O) groups excluding carboxylic acids is 1. The Balaban J connectivity index is 2.03. The van der Waals surface area contributed by atoms with Gasteiger partial charge in [0.15, 0.2) is 22.8 Å². The van der Waals surface area contributed by atoms with Gasteiger partial charge in [0, 0.05) is 10.9 Å². The van der Waals surface area contributed by atoms with E-state index in [-0.39, 0.29) is 6.79 Å². The summed E-state index contributed by atoms with van der Waals surface area (Å²) in [4.78, 5) is 14.7. The van der Waals surface area contributed by atoms with Crippen molar-refractivity contribution in [2.75, 3.05) is 6.79 Å². The van der Waals surface area contributed by atoms with E-state index in [1.54, 1.807) is 0 Å². The van der Waals surface area contributed by atoms with Crippen LogP contribution in [0.5, 0.6) is 11.5 Å². The van der Waals surface area contributed by atoms with Crippen LogP contribution in [0.4, 0.5) is 0 Å². The Kier molecular flexibility index (Phi) is 2.11. The van der Waals surface area contributed by atoms with Gasteiger partial charge in [-0.1, -0.05) is 0 Å². The predicted molar refractivity (Wildman–Crippen MR) is 59.1 cm³/mol. The van der Waals surface area contributed by atoms with E-state index >= 15 is 0 Å². The SMILES string of the molecule is O=Cc1nc(-c2ccc3c(c2)OCO3)cs1. The molecule has 0 spiro atoms. The van der Waals surface area contributed by atoms with Gasteiger partial charge in [-0.25, -0.2) is 4.98 Å². The molecule has 5 heteroatoms. The highest BCUT2D eigenvalue weighted by Crippen LogP contribution is 2.35. The first-order valence-electron chi connectivity index (χ1n) is 4.67. The average molecular weight is 233 g/mol. The fourth-order valence-electron chi connectivity index (χ4n) is 1.53. The zero-order valence-electron chi connectivity index (χ0n) is 8.17. The maximum Gasteiger partial charge on any atom is 0.231 e. The number of aromatic nitrogens is 1. The van der Waals surface area contributed by atoms with Crippen molar-refractivity contribution in [2.24, 2.45) is 0 Å². The summed E-state index contributed by atoms with van der Waals surface area (Å²) in [5.41, 5.74) is 1.71. The highest BCUT2D eigenvalue weighted by molar-refractivity contribution is 7.11. The fraction of sp³-hybridized carbons (Fsp3) is 0.0909. The second kappa shape index (κ2) is 3.61. The molecule has 0 radical (unpaired) electrons. The lowest BCUT2D eigenvalue weighted by atomic mass is 10.1. The van der Waals surface area contributed by atoms with Crippen molar-refractivity contribution in [2.45, 2.75) is 0 Å². The normalized spacial score (nSPS) is 12.8. The molecule has 0 fully saturated rings. The van der Waals surface area contributed by atoms with Crippen LogP contribution in [0.25, 0.3) is 11.3 Å². The first-order valence-corrected chi connectivity index (χ1v) is 5.55. The average Bonchev–Trinajstić information content (AvgIpc) is 2.96. The molecule has 1 aliphatic rings. The Labute approximate surface area is 95.5 Å². The predicted octanol–water partition coefficient (Wildman–Crippen LogP) is 2.35. The van der Waals surface area contributed by atoms with Crippen LogP contribution in [0.15, 0.2) is 23.6 Å². The van der Waals surface area contributed by atoms with Gasteiger partial charge >= 0.3 is 0 Å². The highest BCUT2D eigenvalue weighted by Gasteiger charge is 2.14. The summed E-state index contributed by atoms with van der Waals surface area (Å²) in [5.74, 6) is 1.47. The number of aldehydes is 1. The van der Waals surface area contributed by atoms with Crippen LogP contribution in [-0.4, -0.2) is 18.1 Å². The molecule has 2 heterocycles. The Bertz CT molecular complexity index is 550. The van der Waals surface area contributed by atoms with Gasteiger partial charge in [-0.15, -0.1) is 11.3 Å². The number of nitrogens with zero attached hydrogens (tertiary/aromatic N) is 1. The Morgan fingerprint density at radius 2 is 2.19 bits per heavy atom. The molecule has 16 heavy (non-hydrogen) atoms.